The fourth-order valence-electron chi connectivity index (χ4n) is 1.45. The quantitative estimate of drug-likeness (QED) is 0.718. The molecule has 1 atom stereocenters. The lowest BCUT2D eigenvalue weighted by Gasteiger charge is -2.04. The summed E-state index contributed by atoms with van der Waals surface area (Å²) in [6.07, 6.45) is 4.37. The van der Waals surface area contributed by atoms with Crippen LogP contribution in [0.2, 0.25) is 0 Å². The van der Waals surface area contributed by atoms with Crippen molar-refractivity contribution >= 4 is 0 Å². The number of halogens is 1. The van der Waals surface area contributed by atoms with Crippen molar-refractivity contribution in [3.8, 4) is 0 Å². The molecule has 0 saturated heterocycles. The topological polar surface area (TPSA) is 26.0 Å². The Bertz CT molecular complexity index is 254. The van der Waals surface area contributed by atoms with Gasteiger partial charge in [-0.2, -0.15) is 0 Å². The lowest BCUT2D eigenvalue weighted by molar-refractivity contribution is 0.596. The van der Waals surface area contributed by atoms with Crippen LogP contribution in [-0.2, 0) is 6.42 Å². The first-order valence-electron chi connectivity index (χ1n) is 5.18. The summed E-state index contributed by atoms with van der Waals surface area (Å²) in [5, 5.41) is 0. The third-order valence-electron chi connectivity index (χ3n) is 2.29. The van der Waals surface area contributed by atoms with Gasteiger partial charge < -0.3 is 5.73 Å². The molecule has 0 saturated carbocycles. The van der Waals surface area contributed by atoms with Crippen LogP contribution in [0, 0.1) is 5.82 Å². The summed E-state index contributed by atoms with van der Waals surface area (Å²) in [4.78, 5) is 0. The summed E-state index contributed by atoms with van der Waals surface area (Å²) < 4.78 is 12.6. The number of nitrogens with two attached hydrogens (primary N) is 1. The van der Waals surface area contributed by atoms with Gasteiger partial charge in [0.25, 0.3) is 0 Å². The maximum atomic E-state index is 12.6. The molecule has 0 heterocycles. The maximum absolute atomic E-state index is 12.6. The van der Waals surface area contributed by atoms with Gasteiger partial charge in [-0.15, -0.1) is 0 Å². The number of unbranched alkanes of at least 4 members (excludes halogenated alkanes) is 1. The summed E-state index contributed by atoms with van der Waals surface area (Å²) in [6.45, 7) is 2.03. The smallest absolute Gasteiger partial charge is 0.123 e. The van der Waals surface area contributed by atoms with E-state index in [1.165, 1.54) is 17.7 Å². The van der Waals surface area contributed by atoms with E-state index in [0.29, 0.717) is 6.04 Å². The Morgan fingerprint density at radius 1 is 1.21 bits per heavy atom. The third kappa shape index (κ3) is 4.38. The molecular weight excluding hydrogens is 177 g/mol. The van der Waals surface area contributed by atoms with E-state index in [9.17, 15) is 4.39 Å². The molecule has 0 aliphatic carbocycles. The zero-order valence-corrected chi connectivity index (χ0v) is 8.67. The van der Waals surface area contributed by atoms with Crippen molar-refractivity contribution < 1.29 is 4.39 Å². The molecule has 1 rings (SSSR count). The molecule has 0 radical (unpaired) electrons. The fraction of sp³-hybridized carbons (Fsp3) is 0.500. The Kier molecular flexibility index (Phi) is 4.60. The first-order chi connectivity index (χ1) is 6.68. The van der Waals surface area contributed by atoms with Crippen LogP contribution in [0.3, 0.4) is 0 Å². The largest absolute Gasteiger partial charge is 0.328 e. The number of aryl methyl sites for hydroxylation is 1. The highest BCUT2D eigenvalue weighted by atomic mass is 19.1. The Labute approximate surface area is 85.1 Å². The minimum absolute atomic E-state index is 0.163. The molecule has 14 heavy (non-hydrogen) atoms. The van der Waals surface area contributed by atoms with E-state index in [2.05, 4.69) is 0 Å². The average Bonchev–Trinajstić information content (AvgIpc) is 2.15. The molecule has 1 aromatic carbocycles. The molecule has 2 heteroatoms. The summed E-state index contributed by atoms with van der Waals surface area (Å²) in [5.74, 6) is -0.163. The Morgan fingerprint density at radius 2 is 1.86 bits per heavy atom. The van der Waals surface area contributed by atoms with Crippen molar-refractivity contribution in [2.45, 2.75) is 38.6 Å². The van der Waals surface area contributed by atoms with Crippen LogP contribution in [0.1, 0.15) is 31.7 Å². The first-order valence-corrected chi connectivity index (χ1v) is 5.18. The monoisotopic (exact) mass is 195 g/mol. The molecule has 0 aliphatic heterocycles. The molecular formula is C12H18FN. The van der Waals surface area contributed by atoms with Crippen molar-refractivity contribution in [3.63, 3.8) is 0 Å². The second-order valence-electron chi connectivity index (χ2n) is 3.85. The summed E-state index contributed by atoms with van der Waals surface area (Å²) >= 11 is 0. The van der Waals surface area contributed by atoms with Gasteiger partial charge in [-0.1, -0.05) is 18.6 Å². The number of benzene rings is 1. The minimum atomic E-state index is -0.163. The van der Waals surface area contributed by atoms with Gasteiger partial charge in [0.2, 0.25) is 0 Å². The van der Waals surface area contributed by atoms with Crippen molar-refractivity contribution in [2.75, 3.05) is 0 Å². The normalized spacial score (nSPS) is 12.8. The highest BCUT2D eigenvalue weighted by Crippen LogP contribution is 2.08. The lowest BCUT2D eigenvalue weighted by Crippen LogP contribution is -2.14. The molecule has 0 amide bonds. The zero-order chi connectivity index (χ0) is 10.4. The molecule has 2 N–H and O–H groups in total. The maximum Gasteiger partial charge on any atom is 0.123 e. The van der Waals surface area contributed by atoms with E-state index in [1.807, 2.05) is 19.1 Å². The van der Waals surface area contributed by atoms with Gasteiger partial charge in [0, 0.05) is 6.04 Å². The Balaban J connectivity index is 2.21. The highest BCUT2D eigenvalue weighted by Gasteiger charge is 1.96. The van der Waals surface area contributed by atoms with Crippen LogP contribution in [0.25, 0.3) is 0 Å². The van der Waals surface area contributed by atoms with E-state index in [0.717, 1.165) is 25.7 Å². The average molecular weight is 195 g/mol. The van der Waals surface area contributed by atoms with E-state index in [4.69, 9.17) is 5.73 Å². The molecule has 0 unspecified atom stereocenters. The van der Waals surface area contributed by atoms with E-state index in [1.54, 1.807) is 0 Å². The second-order valence-corrected chi connectivity index (χ2v) is 3.85. The summed E-state index contributed by atoms with van der Waals surface area (Å²) in [5.41, 5.74) is 6.85. The molecule has 0 fully saturated rings. The van der Waals surface area contributed by atoms with Crippen LogP contribution < -0.4 is 5.73 Å². The predicted molar refractivity (Wildman–Crippen MR) is 57.6 cm³/mol. The molecule has 78 valence electrons. The van der Waals surface area contributed by atoms with E-state index < -0.39 is 0 Å². The fourth-order valence-corrected chi connectivity index (χ4v) is 1.45. The highest BCUT2D eigenvalue weighted by molar-refractivity contribution is 5.15. The predicted octanol–water partition coefficient (Wildman–Crippen LogP) is 2.89. The van der Waals surface area contributed by atoms with Gasteiger partial charge >= 0.3 is 0 Å². The molecule has 0 aliphatic rings. The van der Waals surface area contributed by atoms with Gasteiger partial charge in [0.1, 0.15) is 5.82 Å². The first kappa shape index (κ1) is 11.2. The van der Waals surface area contributed by atoms with Crippen molar-refractivity contribution in [1.82, 2.24) is 0 Å². The van der Waals surface area contributed by atoms with Crippen LogP contribution in [0.5, 0.6) is 0 Å². The van der Waals surface area contributed by atoms with Crippen LogP contribution in [-0.4, -0.2) is 6.04 Å². The summed E-state index contributed by atoms with van der Waals surface area (Å²) in [6, 6.07) is 7.02. The standard InChI is InChI=1S/C12H18FN/c1-10(14)4-2-3-5-11-6-8-12(13)9-7-11/h6-10H,2-5,14H2,1H3/t10-/m1/s1. The van der Waals surface area contributed by atoms with E-state index >= 15 is 0 Å². The zero-order valence-electron chi connectivity index (χ0n) is 8.67. The number of rotatable bonds is 5. The molecule has 1 aromatic rings. The van der Waals surface area contributed by atoms with Crippen molar-refractivity contribution in [2.24, 2.45) is 5.73 Å². The van der Waals surface area contributed by atoms with Crippen LogP contribution >= 0.6 is 0 Å². The number of hydrogen-bond acceptors (Lipinski definition) is 1. The third-order valence-corrected chi connectivity index (χ3v) is 2.29. The molecule has 0 aromatic heterocycles. The molecule has 0 spiro atoms. The minimum Gasteiger partial charge on any atom is -0.328 e. The van der Waals surface area contributed by atoms with Gasteiger partial charge in [0.05, 0.1) is 0 Å². The molecule has 0 bridgehead atoms. The van der Waals surface area contributed by atoms with Crippen LogP contribution in [0.15, 0.2) is 24.3 Å². The SMILES string of the molecule is C[C@@H](N)CCCCc1ccc(F)cc1. The van der Waals surface area contributed by atoms with Gasteiger partial charge in [-0.3, -0.25) is 0 Å². The van der Waals surface area contributed by atoms with Crippen molar-refractivity contribution in [3.05, 3.63) is 35.6 Å². The van der Waals surface area contributed by atoms with Gasteiger partial charge in [0.15, 0.2) is 0 Å². The van der Waals surface area contributed by atoms with Gasteiger partial charge in [-0.05, 0) is 43.9 Å². The van der Waals surface area contributed by atoms with E-state index in [-0.39, 0.29) is 5.82 Å². The Morgan fingerprint density at radius 3 is 2.43 bits per heavy atom. The molecule has 1 nitrogen and oxygen atoms in total. The Hall–Kier alpha value is -0.890. The van der Waals surface area contributed by atoms with Crippen LogP contribution in [0.4, 0.5) is 4.39 Å². The second kappa shape index (κ2) is 5.76. The summed E-state index contributed by atoms with van der Waals surface area (Å²) in [7, 11) is 0. The number of hydrogen-bond donors (Lipinski definition) is 1. The van der Waals surface area contributed by atoms with Gasteiger partial charge in [-0.25, -0.2) is 4.39 Å². The lowest BCUT2D eigenvalue weighted by atomic mass is 10.1. The van der Waals surface area contributed by atoms with Crippen molar-refractivity contribution in [1.29, 1.82) is 0 Å².